The van der Waals surface area contributed by atoms with Crippen LogP contribution in [-0.2, 0) is 6.18 Å². The van der Waals surface area contributed by atoms with Crippen LogP contribution in [-0.4, -0.2) is 6.54 Å². The third kappa shape index (κ3) is 2.76. The van der Waals surface area contributed by atoms with Crippen LogP contribution in [0.4, 0.5) is 18.9 Å². The van der Waals surface area contributed by atoms with Gasteiger partial charge in [-0.3, -0.25) is 0 Å². The maximum Gasteiger partial charge on any atom is 0.416 e. The van der Waals surface area contributed by atoms with E-state index in [2.05, 4.69) is 21.2 Å². The van der Waals surface area contributed by atoms with Crippen molar-refractivity contribution >= 4 is 21.6 Å². The number of anilines is 1. The van der Waals surface area contributed by atoms with Crippen LogP contribution in [0.1, 0.15) is 31.2 Å². The summed E-state index contributed by atoms with van der Waals surface area (Å²) in [5.74, 6) is 0.841. The Morgan fingerprint density at radius 3 is 2.42 bits per heavy atom. The normalized spacial score (nSPS) is 21.3. The average molecular weight is 334 g/mol. The quantitative estimate of drug-likeness (QED) is 0.811. The lowest BCUT2D eigenvalue weighted by Gasteiger charge is -2.17. The van der Waals surface area contributed by atoms with E-state index in [9.17, 15) is 13.2 Å². The van der Waals surface area contributed by atoms with E-state index in [-0.39, 0.29) is 0 Å². The van der Waals surface area contributed by atoms with Gasteiger partial charge in [-0.25, -0.2) is 0 Å². The number of rotatable bonds is 4. The summed E-state index contributed by atoms with van der Waals surface area (Å²) < 4.78 is 38.2. The fourth-order valence-electron chi connectivity index (χ4n) is 2.69. The second-order valence-corrected chi connectivity index (χ2v) is 6.54. The molecule has 2 aliphatic rings. The predicted molar refractivity (Wildman–Crippen MR) is 72.0 cm³/mol. The van der Waals surface area contributed by atoms with Gasteiger partial charge in [-0.15, -0.1) is 0 Å². The second-order valence-electron chi connectivity index (χ2n) is 5.68. The monoisotopic (exact) mass is 333 g/mol. The third-order valence-corrected chi connectivity index (χ3v) is 4.92. The molecule has 19 heavy (non-hydrogen) atoms. The van der Waals surface area contributed by atoms with Crippen LogP contribution in [0.15, 0.2) is 22.7 Å². The van der Waals surface area contributed by atoms with Crippen LogP contribution in [0.25, 0.3) is 0 Å². The number of benzene rings is 1. The molecule has 0 aromatic heterocycles. The highest BCUT2D eigenvalue weighted by molar-refractivity contribution is 9.10. The van der Waals surface area contributed by atoms with Gasteiger partial charge in [0.15, 0.2) is 0 Å². The van der Waals surface area contributed by atoms with Gasteiger partial charge in [0.25, 0.3) is 0 Å². The molecule has 0 spiro atoms. The molecule has 1 aromatic carbocycles. The summed E-state index contributed by atoms with van der Waals surface area (Å²) in [7, 11) is 0. The van der Waals surface area contributed by atoms with E-state index in [1.54, 1.807) is 0 Å². The second kappa shape index (κ2) is 4.40. The summed E-state index contributed by atoms with van der Waals surface area (Å²) in [4.78, 5) is 0. The smallest absolute Gasteiger partial charge is 0.384 e. The minimum Gasteiger partial charge on any atom is -0.384 e. The minimum absolute atomic E-state index is 0.433. The van der Waals surface area contributed by atoms with Gasteiger partial charge in [-0.2, -0.15) is 13.2 Å². The summed E-state index contributed by atoms with van der Waals surface area (Å²) >= 11 is 3.22. The minimum atomic E-state index is -4.28. The first-order valence-corrected chi connectivity index (χ1v) is 7.31. The Labute approximate surface area is 118 Å². The van der Waals surface area contributed by atoms with Crippen LogP contribution >= 0.6 is 15.9 Å². The molecule has 2 aliphatic carbocycles. The van der Waals surface area contributed by atoms with Crippen molar-refractivity contribution in [3.8, 4) is 0 Å². The Morgan fingerprint density at radius 2 is 1.95 bits per heavy atom. The molecule has 3 rings (SSSR count). The topological polar surface area (TPSA) is 12.0 Å². The summed E-state index contributed by atoms with van der Waals surface area (Å²) in [6.07, 6.45) is 0.852. The van der Waals surface area contributed by atoms with Gasteiger partial charge in [-0.05, 0) is 71.1 Å². The molecular weight excluding hydrogens is 319 g/mol. The fraction of sp³-hybridized carbons (Fsp3) is 0.571. The number of alkyl halides is 3. The maximum atomic E-state index is 12.6. The zero-order valence-electron chi connectivity index (χ0n) is 10.4. The molecule has 2 fully saturated rings. The molecule has 0 heterocycles. The Morgan fingerprint density at radius 1 is 1.26 bits per heavy atom. The van der Waals surface area contributed by atoms with Crippen molar-refractivity contribution in [3.05, 3.63) is 28.2 Å². The maximum absolute atomic E-state index is 12.6. The number of hydrogen-bond acceptors (Lipinski definition) is 1. The zero-order valence-corrected chi connectivity index (χ0v) is 11.9. The van der Waals surface area contributed by atoms with E-state index in [0.717, 1.165) is 30.3 Å². The molecule has 1 N–H and O–H groups in total. The molecule has 1 nitrogen and oxygen atoms in total. The van der Waals surface area contributed by atoms with Gasteiger partial charge >= 0.3 is 6.18 Å². The first-order chi connectivity index (χ1) is 8.91. The fourth-order valence-corrected chi connectivity index (χ4v) is 3.21. The van der Waals surface area contributed by atoms with Gasteiger partial charge in [0.2, 0.25) is 0 Å². The molecule has 0 amide bonds. The molecule has 0 saturated heterocycles. The van der Waals surface area contributed by atoms with Crippen LogP contribution in [0.5, 0.6) is 0 Å². The average Bonchev–Trinajstić information content (AvgIpc) is 3.18. The Hall–Kier alpha value is -0.710. The highest BCUT2D eigenvalue weighted by atomic mass is 79.9. The predicted octanol–water partition coefficient (Wildman–Crippen LogP) is 5.07. The van der Waals surface area contributed by atoms with Gasteiger partial charge < -0.3 is 5.32 Å². The van der Waals surface area contributed by atoms with Crippen LogP contribution in [0.2, 0.25) is 0 Å². The molecule has 2 saturated carbocycles. The van der Waals surface area contributed by atoms with E-state index < -0.39 is 11.7 Å². The van der Waals surface area contributed by atoms with E-state index in [0.29, 0.717) is 9.89 Å². The van der Waals surface area contributed by atoms with Crippen molar-refractivity contribution in [2.24, 2.45) is 11.3 Å². The molecule has 0 bridgehead atoms. The summed E-state index contributed by atoms with van der Waals surface area (Å²) in [6, 6.07) is 3.78. The van der Waals surface area contributed by atoms with Gasteiger partial charge in [0.1, 0.15) is 0 Å². The first-order valence-electron chi connectivity index (χ1n) is 6.51. The summed E-state index contributed by atoms with van der Waals surface area (Å²) in [5, 5.41) is 3.30. The van der Waals surface area contributed by atoms with E-state index >= 15 is 0 Å². The lowest BCUT2D eigenvalue weighted by Crippen LogP contribution is -2.17. The van der Waals surface area contributed by atoms with Gasteiger partial charge in [0, 0.05) is 16.7 Å². The lowest BCUT2D eigenvalue weighted by atomic mass is 10.0. The number of hydrogen-bond donors (Lipinski definition) is 1. The third-order valence-electron chi connectivity index (χ3n) is 4.26. The SMILES string of the molecule is FC(F)(F)c1ccc(NCC2(C3CC3)CC2)c(Br)c1. The molecule has 5 heteroatoms. The Balaban J connectivity index is 1.68. The Bertz CT molecular complexity index is 490. The molecule has 0 radical (unpaired) electrons. The summed E-state index contributed by atoms with van der Waals surface area (Å²) in [6.45, 7) is 0.877. The lowest BCUT2D eigenvalue weighted by molar-refractivity contribution is -0.137. The molecule has 0 aliphatic heterocycles. The van der Waals surface area contributed by atoms with Crippen LogP contribution < -0.4 is 5.32 Å². The van der Waals surface area contributed by atoms with Gasteiger partial charge in [-0.1, -0.05) is 0 Å². The highest BCUT2D eigenvalue weighted by Crippen LogP contribution is 2.61. The summed E-state index contributed by atoms with van der Waals surface area (Å²) in [5.41, 5.74) is 0.565. The zero-order chi connectivity index (χ0) is 13.7. The van der Waals surface area contributed by atoms with E-state index in [4.69, 9.17) is 0 Å². The number of nitrogens with one attached hydrogen (secondary N) is 1. The van der Waals surface area contributed by atoms with Crippen molar-refractivity contribution in [1.82, 2.24) is 0 Å². The molecular formula is C14H15BrF3N. The van der Waals surface area contributed by atoms with Gasteiger partial charge in [0.05, 0.1) is 5.56 Å². The van der Waals surface area contributed by atoms with Crippen LogP contribution in [0, 0.1) is 11.3 Å². The molecule has 0 unspecified atom stereocenters. The van der Waals surface area contributed by atoms with Crippen molar-refractivity contribution in [3.63, 3.8) is 0 Å². The van der Waals surface area contributed by atoms with Crippen molar-refractivity contribution in [2.45, 2.75) is 31.9 Å². The standard InChI is InChI=1S/C14H15BrF3N/c15-11-7-10(14(16,17)18)3-4-12(11)19-8-13(5-6-13)9-1-2-9/h3-4,7,9,19H,1-2,5-6,8H2. The van der Waals surface area contributed by atoms with Crippen molar-refractivity contribution in [2.75, 3.05) is 11.9 Å². The van der Waals surface area contributed by atoms with E-state index in [1.165, 1.54) is 31.7 Å². The molecule has 0 atom stereocenters. The van der Waals surface area contributed by atoms with Crippen molar-refractivity contribution < 1.29 is 13.2 Å². The van der Waals surface area contributed by atoms with E-state index in [1.807, 2.05) is 0 Å². The number of halogens is 4. The molecule has 104 valence electrons. The first kappa shape index (κ1) is 13.3. The van der Waals surface area contributed by atoms with Crippen LogP contribution in [0.3, 0.4) is 0 Å². The molecule has 1 aromatic rings. The highest BCUT2D eigenvalue weighted by Gasteiger charge is 2.53. The Kier molecular flexibility index (Phi) is 3.08. The van der Waals surface area contributed by atoms with Crippen molar-refractivity contribution in [1.29, 1.82) is 0 Å². The largest absolute Gasteiger partial charge is 0.416 e.